The third-order valence-corrected chi connectivity index (χ3v) is 3.93. The predicted molar refractivity (Wildman–Crippen MR) is 79.3 cm³/mol. The summed E-state index contributed by atoms with van der Waals surface area (Å²) >= 11 is 0. The molecule has 1 saturated carbocycles. The summed E-state index contributed by atoms with van der Waals surface area (Å²) in [4.78, 5) is 11.9. The minimum Gasteiger partial charge on any atom is -0.376 e. The average Bonchev–Trinajstić information content (AvgIpc) is 2.69. The molecule has 2 rings (SSSR count). The molecule has 20 heavy (non-hydrogen) atoms. The fraction of sp³-hybridized carbons (Fsp3) is 0.562. The summed E-state index contributed by atoms with van der Waals surface area (Å²) in [5, 5.41) is 6.07. The Morgan fingerprint density at radius 3 is 2.65 bits per heavy atom. The van der Waals surface area contributed by atoms with Crippen molar-refractivity contribution in [1.29, 1.82) is 0 Å². The van der Waals surface area contributed by atoms with E-state index < -0.39 is 0 Å². The first-order valence-corrected chi connectivity index (χ1v) is 7.45. The van der Waals surface area contributed by atoms with E-state index in [1.54, 1.807) is 19.1 Å². The van der Waals surface area contributed by atoms with Crippen LogP contribution in [0.15, 0.2) is 18.2 Å². The maximum Gasteiger partial charge on any atom is 0.239 e. The van der Waals surface area contributed by atoms with Gasteiger partial charge < -0.3 is 10.6 Å². The van der Waals surface area contributed by atoms with Crippen LogP contribution in [0.5, 0.6) is 0 Å². The molecule has 0 radical (unpaired) electrons. The van der Waals surface area contributed by atoms with Crippen molar-refractivity contribution in [3.63, 3.8) is 0 Å². The Bertz CT molecular complexity index is 454. The zero-order chi connectivity index (χ0) is 14.4. The Labute approximate surface area is 120 Å². The average molecular weight is 278 g/mol. The third-order valence-electron chi connectivity index (χ3n) is 3.93. The van der Waals surface area contributed by atoms with Crippen LogP contribution < -0.4 is 10.6 Å². The van der Waals surface area contributed by atoms with E-state index in [-0.39, 0.29) is 18.3 Å². The standard InChI is InChI=1S/C16H23FN2O/c1-12-14(17)9-6-10-15(12)18-11-16(20)19-13-7-4-2-3-5-8-13/h6,9-10,13,18H,2-5,7-8,11H2,1H3,(H,19,20). The van der Waals surface area contributed by atoms with E-state index in [0.29, 0.717) is 17.3 Å². The molecular formula is C16H23FN2O. The number of amides is 1. The van der Waals surface area contributed by atoms with Gasteiger partial charge in [-0.1, -0.05) is 31.7 Å². The van der Waals surface area contributed by atoms with Gasteiger partial charge in [0.05, 0.1) is 6.54 Å². The van der Waals surface area contributed by atoms with Crippen LogP contribution in [-0.4, -0.2) is 18.5 Å². The van der Waals surface area contributed by atoms with Gasteiger partial charge in [-0.05, 0) is 31.9 Å². The number of anilines is 1. The molecule has 1 fully saturated rings. The number of hydrogen-bond acceptors (Lipinski definition) is 2. The zero-order valence-electron chi connectivity index (χ0n) is 12.0. The van der Waals surface area contributed by atoms with Crippen molar-refractivity contribution >= 4 is 11.6 Å². The normalized spacial score (nSPS) is 16.5. The summed E-state index contributed by atoms with van der Waals surface area (Å²) in [5.74, 6) is -0.264. The van der Waals surface area contributed by atoms with E-state index in [2.05, 4.69) is 10.6 Å². The largest absolute Gasteiger partial charge is 0.376 e. The molecule has 0 aliphatic heterocycles. The lowest BCUT2D eigenvalue weighted by Crippen LogP contribution is -2.38. The Balaban J connectivity index is 1.81. The molecule has 0 aromatic heterocycles. The Morgan fingerprint density at radius 2 is 1.95 bits per heavy atom. The van der Waals surface area contributed by atoms with E-state index >= 15 is 0 Å². The molecule has 0 bridgehead atoms. The fourth-order valence-corrected chi connectivity index (χ4v) is 2.68. The first-order valence-electron chi connectivity index (χ1n) is 7.45. The monoisotopic (exact) mass is 278 g/mol. The highest BCUT2D eigenvalue weighted by Gasteiger charge is 2.14. The number of rotatable bonds is 4. The van der Waals surface area contributed by atoms with Crippen LogP contribution in [0.2, 0.25) is 0 Å². The molecule has 0 atom stereocenters. The van der Waals surface area contributed by atoms with E-state index in [9.17, 15) is 9.18 Å². The summed E-state index contributed by atoms with van der Waals surface area (Å²) in [6, 6.07) is 5.16. The molecule has 1 amide bonds. The number of carbonyl (C=O) groups is 1. The van der Waals surface area contributed by atoms with Gasteiger partial charge in [-0.2, -0.15) is 0 Å². The Hall–Kier alpha value is -1.58. The van der Waals surface area contributed by atoms with Crippen LogP contribution in [0.25, 0.3) is 0 Å². The molecule has 2 N–H and O–H groups in total. The summed E-state index contributed by atoms with van der Waals surface area (Å²) in [5.41, 5.74) is 1.23. The highest BCUT2D eigenvalue weighted by molar-refractivity contribution is 5.81. The van der Waals surface area contributed by atoms with Crippen molar-refractivity contribution in [3.05, 3.63) is 29.6 Å². The van der Waals surface area contributed by atoms with Crippen LogP contribution in [-0.2, 0) is 4.79 Å². The summed E-state index contributed by atoms with van der Waals surface area (Å²) in [6.45, 7) is 1.90. The SMILES string of the molecule is Cc1c(F)cccc1NCC(=O)NC1CCCCCC1. The molecule has 0 unspecified atom stereocenters. The maximum atomic E-state index is 13.4. The second-order valence-electron chi connectivity index (χ2n) is 5.52. The quantitative estimate of drug-likeness (QED) is 0.829. The van der Waals surface area contributed by atoms with E-state index in [4.69, 9.17) is 0 Å². The summed E-state index contributed by atoms with van der Waals surface area (Å²) in [7, 11) is 0. The van der Waals surface area contributed by atoms with E-state index in [1.807, 2.05) is 0 Å². The predicted octanol–water partition coefficient (Wildman–Crippen LogP) is 3.39. The molecule has 0 saturated heterocycles. The first kappa shape index (κ1) is 14.8. The third kappa shape index (κ3) is 4.22. The Morgan fingerprint density at radius 1 is 1.25 bits per heavy atom. The van der Waals surface area contributed by atoms with Crippen LogP contribution in [0, 0.1) is 12.7 Å². The second kappa shape index (κ2) is 7.27. The summed E-state index contributed by atoms with van der Waals surface area (Å²) in [6.07, 6.45) is 7.08. The lowest BCUT2D eigenvalue weighted by atomic mass is 10.1. The minimum atomic E-state index is -0.251. The van der Waals surface area contributed by atoms with Crippen molar-refractivity contribution in [1.82, 2.24) is 5.32 Å². The van der Waals surface area contributed by atoms with Crippen molar-refractivity contribution in [2.24, 2.45) is 0 Å². The molecule has 110 valence electrons. The minimum absolute atomic E-state index is 0.0134. The van der Waals surface area contributed by atoms with Gasteiger partial charge in [-0.15, -0.1) is 0 Å². The molecule has 3 nitrogen and oxygen atoms in total. The maximum absolute atomic E-state index is 13.4. The molecule has 1 aliphatic rings. The van der Waals surface area contributed by atoms with Crippen molar-refractivity contribution in [3.8, 4) is 0 Å². The van der Waals surface area contributed by atoms with Gasteiger partial charge >= 0.3 is 0 Å². The summed E-state index contributed by atoms with van der Waals surface area (Å²) < 4.78 is 13.4. The van der Waals surface area contributed by atoms with Gasteiger partial charge in [0.15, 0.2) is 0 Å². The van der Waals surface area contributed by atoms with Gasteiger partial charge in [0.25, 0.3) is 0 Å². The van der Waals surface area contributed by atoms with Crippen LogP contribution in [0.1, 0.15) is 44.1 Å². The van der Waals surface area contributed by atoms with Crippen molar-refractivity contribution in [2.75, 3.05) is 11.9 Å². The van der Waals surface area contributed by atoms with Crippen LogP contribution in [0.3, 0.4) is 0 Å². The first-order chi connectivity index (χ1) is 9.66. The van der Waals surface area contributed by atoms with Gasteiger partial charge in [0.1, 0.15) is 5.82 Å². The molecule has 1 aliphatic carbocycles. The number of carbonyl (C=O) groups excluding carboxylic acids is 1. The van der Waals surface area contributed by atoms with Gasteiger partial charge in [0, 0.05) is 17.3 Å². The van der Waals surface area contributed by atoms with E-state index in [1.165, 1.54) is 31.7 Å². The Kier molecular flexibility index (Phi) is 5.39. The van der Waals surface area contributed by atoms with Gasteiger partial charge in [0.2, 0.25) is 5.91 Å². The number of benzene rings is 1. The molecule has 0 spiro atoms. The van der Waals surface area contributed by atoms with Crippen LogP contribution >= 0.6 is 0 Å². The second-order valence-corrected chi connectivity index (χ2v) is 5.52. The topological polar surface area (TPSA) is 41.1 Å². The van der Waals surface area contributed by atoms with Crippen molar-refractivity contribution in [2.45, 2.75) is 51.5 Å². The number of hydrogen-bond donors (Lipinski definition) is 2. The zero-order valence-corrected chi connectivity index (χ0v) is 12.0. The van der Waals surface area contributed by atoms with Crippen LogP contribution in [0.4, 0.5) is 10.1 Å². The van der Waals surface area contributed by atoms with Crippen molar-refractivity contribution < 1.29 is 9.18 Å². The lowest BCUT2D eigenvalue weighted by molar-refractivity contribution is -0.120. The van der Waals surface area contributed by atoms with Gasteiger partial charge in [-0.3, -0.25) is 4.79 Å². The highest BCUT2D eigenvalue weighted by atomic mass is 19.1. The number of halogens is 1. The molecule has 1 aromatic carbocycles. The van der Waals surface area contributed by atoms with Gasteiger partial charge in [-0.25, -0.2) is 4.39 Å². The number of nitrogens with one attached hydrogen (secondary N) is 2. The molecular weight excluding hydrogens is 255 g/mol. The molecule has 0 heterocycles. The lowest BCUT2D eigenvalue weighted by Gasteiger charge is -2.17. The van der Waals surface area contributed by atoms with E-state index in [0.717, 1.165) is 12.8 Å². The molecule has 4 heteroatoms. The smallest absolute Gasteiger partial charge is 0.239 e. The molecule has 1 aromatic rings. The fourth-order valence-electron chi connectivity index (χ4n) is 2.68. The highest BCUT2D eigenvalue weighted by Crippen LogP contribution is 2.18.